The van der Waals surface area contributed by atoms with E-state index in [0.29, 0.717) is 5.02 Å². The zero-order valence-corrected chi connectivity index (χ0v) is 14.3. The summed E-state index contributed by atoms with van der Waals surface area (Å²) in [6.45, 7) is 4.44. The molecule has 4 heteroatoms. The van der Waals surface area contributed by atoms with Crippen LogP contribution in [0.1, 0.15) is 24.0 Å². The summed E-state index contributed by atoms with van der Waals surface area (Å²) >= 11 is 6.05. The number of aliphatic imine (C=N–C) groups is 1. The second-order valence-corrected chi connectivity index (χ2v) is 6.25. The normalized spacial score (nSPS) is 14.7. The van der Waals surface area contributed by atoms with Gasteiger partial charge in [-0.15, -0.1) is 0 Å². The number of ether oxygens (including phenoxy) is 1. The summed E-state index contributed by atoms with van der Waals surface area (Å²) in [6.07, 6.45) is 4.45. The summed E-state index contributed by atoms with van der Waals surface area (Å²) in [5, 5.41) is 0.652. The van der Waals surface area contributed by atoms with Crippen molar-refractivity contribution in [2.45, 2.75) is 19.8 Å². The van der Waals surface area contributed by atoms with Crippen molar-refractivity contribution >= 4 is 29.2 Å². The smallest absolute Gasteiger partial charge is 0.144 e. The highest BCUT2D eigenvalue weighted by atomic mass is 35.5. The summed E-state index contributed by atoms with van der Waals surface area (Å²) in [4.78, 5) is 6.99. The van der Waals surface area contributed by atoms with Crippen molar-refractivity contribution in [2.24, 2.45) is 4.99 Å². The first kappa shape index (κ1) is 15.9. The first-order chi connectivity index (χ1) is 11.2. The standard InChI is InChI=1S/C19H21ClN2O/c1-14-11-17(22-9-3-4-10-22)7-5-15(14)13-21-18-12-16(20)6-8-19(18)23-2/h5-8,11-13H,3-4,9-10H2,1-2H3. The number of aryl methyl sites for hydroxylation is 1. The molecule has 3 rings (SSSR count). The van der Waals surface area contributed by atoms with E-state index in [-0.39, 0.29) is 0 Å². The highest BCUT2D eigenvalue weighted by Crippen LogP contribution is 2.30. The number of halogens is 1. The van der Waals surface area contributed by atoms with Crippen LogP contribution in [-0.4, -0.2) is 26.4 Å². The van der Waals surface area contributed by atoms with Gasteiger partial charge < -0.3 is 9.64 Å². The van der Waals surface area contributed by atoms with Gasteiger partial charge in [0.05, 0.1) is 7.11 Å². The van der Waals surface area contributed by atoms with E-state index in [9.17, 15) is 0 Å². The fourth-order valence-corrected chi connectivity index (χ4v) is 3.05. The Morgan fingerprint density at radius 3 is 2.61 bits per heavy atom. The molecular weight excluding hydrogens is 308 g/mol. The van der Waals surface area contributed by atoms with Crippen molar-refractivity contribution in [3.63, 3.8) is 0 Å². The molecule has 0 aromatic heterocycles. The third kappa shape index (κ3) is 3.67. The highest BCUT2D eigenvalue weighted by Gasteiger charge is 2.12. The van der Waals surface area contributed by atoms with Gasteiger partial charge in [-0.3, -0.25) is 4.99 Å². The molecule has 1 saturated heterocycles. The average molecular weight is 329 g/mol. The van der Waals surface area contributed by atoms with Crippen LogP contribution in [0, 0.1) is 6.92 Å². The van der Waals surface area contributed by atoms with Crippen LogP contribution in [0.2, 0.25) is 5.02 Å². The van der Waals surface area contributed by atoms with Crippen LogP contribution >= 0.6 is 11.6 Å². The third-order valence-electron chi connectivity index (χ3n) is 4.21. The van der Waals surface area contributed by atoms with Gasteiger partial charge in [-0.2, -0.15) is 0 Å². The Bertz CT molecular complexity index is 721. The van der Waals surface area contributed by atoms with E-state index < -0.39 is 0 Å². The molecule has 3 nitrogen and oxygen atoms in total. The van der Waals surface area contributed by atoms with E-state index in [1.165, 1.54) is 24.1 Å². The number of anilines is 1. The highest BCUT2D eigenvalue weighted by molar-refractivity contribution is 6.30. The predicted octanol–water partition coefficient (Wildman–Crippen LogP) is 5.01. The van der Waals surface area contributed by atoms with Gasteiger partial charge in [0.2, 0.25) is 0 Å². The van der Waals surface area contributed by atoms with Gasteiger partial charge in [-0.05, 0) is 61.2 Å². The van der Waals surface area contributed by atoms with Crippen LogP contribution in [0.4, 0.5) is 11.4 Å². The number of rotatable bonds is 4. The minimum atomic E-state index is 0.652. The fourth-order valence-electron chi connectivity index (χ4n) is 2.88. The molecule has 0 N–H and O–H groups in total. The lowest BCUT2D eigenvalue weighted by atomic mass is 10.1. The Labute approximate surface area is 142 Å². The van der Waals surface area contributed by atoms with Crippen LogP contribution in [-0.2, 0) is 0 Å². The molecule has 1 fully saturated rings. The minimum Gasteiger partial charge on any atom is -0.494 e. The predicted molar refractivity (Wildman–Crippen MR) is 97.9 cm³/mol. The third-order valence-corrected chi connectivity index (χ3v) is 4.44. The van der Waals surface area contributed by atoms with Gasteiger partial charge in [-0.25, -0.2) is 0 Å². The maximum atomic E-state index is 6.05. The van der Waals surface area contributed by atoms with E-state index in [1.807, 2.05) is 18.3 Å². The first-order valence-corrected chi connectivity index (χ1v) is 8.28. The lowest BCUT2D eigenvalue weighted by Gasteiger charge is -2.18. The van der Waals surface area contributed by atoms with Crippen LogP contribution in [0.5, 0.6) is 5.75 Å². The molecule has 0 atom stereocenters. The zero-order chi connectivity index (χ0) is 16.2. The molecule has 1 aliphatic heterocycles. The monoisotopic (exact) mass is 328 g/mol. The molecule has 2 aromatic rings. The zero-order valence-electron chi connectivity index (χ0n) is 13.6. The topological polar surface area (TPSA) is 24.8 Å². The minimum absolute atomic E-state index is 0.652. The lowest BCUT2D eigenvalue weighted by molar-refractivity contribution is 0.416. The van der Waals surface area contributed by atoms with Gasteiger partial charge in [0, 0.05) is 30.0 Å². The van der Waals surface area contributed by atoms with Gasteiger partial charge in [0.25, 0.3) is 0 Å². The number of nitrogens with zero attached hydrogens (tertiary/aromatic N) is 2. The van der Waals surface area contributed by atoms with E-state index in [4.69, 9.17) is 16.3 Å². The summed E-state index contributed by atoms with van der Waals surface area (Å²) in [5.41, 5.74) is 4.37. The Kier molecular flexibility index (Phi) is 4.87. The Morgan fingerprint density at radius 2 is 1.91 bits per heavy atom. The van der Waals surface area contributed by atoms with Crippen molar-refractivity contribution < 1.29 is 4.74 Å². The van der Waals surface area contributed by atoms with Gasteiger partial charge in [0.1, 0.15) is 11.4 Å². The molecule has 0 unspecified atom stereocenters. The number of hydrogen-bond acceptors (Lipinski definition) is 3. The SMILES string of the molecule is COc1ccc(Cl)cc1N=Cc1ccc(N2CCCC2)cc1C. The van der Waals surface area contributed by atoms with E-state index in [1.54, 1.807) is 13.2 Å². The quantitative estimate of drug-likeness (QED) is 0.737. The maximum absolute atomic E-state index is 6.05. The number of benzene rings is 2. The molecule has 23 heavy (non-hydrogen) atoms. The fraction of sp³-hybridized carbons (Fsp3) is 0.316. The van der Waals surface area contributed by atoms with Crippen molar-refractivity contribution in [3.05, 3.63) is 52.5 Å². The largest absolute Gasteiger partial charge is 0.494 e. The molecule has 0 saturated carbocycles. The molecule has 0 radical (unpaired) electrons. The Hall–Kier alpha value is -2.00. The Balaban J connectivity index is 1.83. The molecule has 2 aromatic carbocycles. The molecule has 0 aliphatic carbocycles. The summed E-state index contributed by atoms with van der Waals surface area (Å²) < 4.78 is 5.33. The maximum Gasteiger partial charge on any atom is 0.144 e. The van der Waals surface area contributed by atoms with E-state index in [0.717, 1.165) is 30.1 Å². The molecule has 1 aliphatic rings. The molecule has 0 bridgehead atoms. The summed E-state index contributed by atoms with van der Waals surface area (Å²) in [5.74, 6) is 0.719. The second-order valence-electron chi connectivity index (χ2n) is 5.81. The molecular formula is C19H21ClN2O. The molecule has 0 amide bonds. The van der Waals surface area contributed by atoms with Crippen LogP contribution in [0.3, 0.4) is 0 Å². The first-order valence-electron chi connectivity index (χ1n) is 7.90. The lowest BCUT2D eigenvalue weighted by Crippen LogP contribution is -2.17. The van der Waals surface area contributed by atoms with Gasteiger partial charge in [0.15, 0.2) is 0 Å². The van der Waals surface area contributed by atoms with Crippen molar-refractivity contribution in [3.8, 4) is 5.75 Å². The van der Waals surface area contributed by atoms with Gasteiger partial charge >= 0.3 is 0 Å². The summed E-state index contributed by atoms with van der Waals surface area (Å²) in [6, 6.07) is 12.0. The molecule has 0 spiro atoms. The Morgan fingerprint density at radius 1 is 1.13 bits per heavy atom. The van der Waals surface area contributed by atoms with Crippen LogP contribution < -0.4 is 9.64 Å². The van der Waals surface area contributed by atoms with Gasteiger partial charge in [-0.1, -0.05) is 17.7 Å². The van der Waals surface area contributed by atoms with Crippen molar-refractivity contribution in [2.75, 3.05) is 25.1 Å². The number of methoxy groups -OCH3 is 1. The van der Waals surface area contributed by atoms with Crippen LogP contribution in [0.15, 0.2) is 41.4 Å². The second kappa shape index (κ2) is 7.05. The van der Waals surface area contributed by atoms with Crippen molar-refractivity contribution in [1.82, 2.24) is 0 Å². The molecule has 120 valence electrons. The average Bonchev–Trinajstić information content (AvgIpc) is 3.08. The van der Waals surface area contributed by atoms with Crippen molar-refractivity contribution in [1.29, 1.82) is 0 Å². The number of hydrogen-bond donors (Lipinski definition) is 0. The van der Waals surface area contributed by atoms with E-state index >= 15 is 0 Å². The summed E-state index contributed by atoms with van der Waals surface area (Å²) in [7, 11) is 1.64. The van der Waals surface area contributed by atoms with E-state index in [2.05, 4.69) is 35.0 Å². The van der Waals surface area contributed by atoms with Crippen LogP contribution in [0.25, 0.3) is 0 Å². The molecule has 1 heterocycles.